The minimum absolute atomic E-state index is 0.134. The van der Waals surface area contributed by atoms with Crippen LogP contribution in [0.3, 0.4) is 0 Å². The van der Waals surface area contributed by atoms with Crippen molar-refractivity contribution in [1.82, 2.24) is 14.9 Å². The number of carbonyl (C=O) groups excluding carboxylic acids is 1. The summed E-state index contributed by atoms with van der Waals surface area (Å²) in [6.45, 7) is 12.5. The van der Waals surface area contributed by atoms with Gasteiger partial charge in [0.2, 0.25) is 0 Å². The number of halogens is 3. The zero-order valence-corrected chi connectivity index (χ0v) is 21.4. The van der Waals surface area contributed by atoms with Crippen molar-refractivity contribution in [3.63, 3.8) is 0 Å². The molecule has 1 unspecified atom stereocenters. The fraction of sp³-hybridized carbons (Fsp3) is 0.625. The van der Waals surface area contributed by atoms with Crippen molar-refractivity contribution in [3.05, 3.63) is 29.0 Å². The summed E-state index contributed by atoms with van der Waals surface area (Å²) < 4.78 is 49.7. The van der Waals surface area contributed by atoms with Gasteiger partial charge in [0.15, 0.2) is 0 Å². The molecule has 0 amide bonds. The van der Waals surface area contributed by atoms with Crippen molar-refractivity contribution in [1.29, 1.82) is 0 Å². The maximum absolute atomic E-state index is 13.1. The Hall–Kier alpha value is -2.20. The molecular formula is C24H34F3N3O3S. The molecular weight excluding hydrogens is 467 g/mol. The highest BCUT2D eigenvalue weighted by atomic mass is 32.1. The second kappa shape index (κ2) is 12.5. The normalized spacial score (nSPS) is 18.9. The third-order valence-corrected chi connectivity index (χ3v) is 5.85. The largest absolute Gasteiger partial charge is 0.492 e. The Kier molecular flexibility index (Phi) is 10.3. The number of likely N-dealkylation sites (tertiary alicyclic amines) is 1. The Labute approximate surface area is 203 Å². The Morgan fingerprint density at radius 1 is 1.26 bits per heavy atom. The summed E-state index contributed by atoms with van der Waals surface area (Å²) in [5.74, 6) is 1.05. The summed E-state index contributed by atoms with van der Waals surface area (Å²) in [6, 6.07) is 2.21. The van der Waals surface area contributed by atoms with Crippen LogP contribution in [0, 0.1) is 17.8 Å². The van der Waals surface area contributed by atoms with E-state index in [1.54, 1.807) is 6.92 Å². The minimum atomic E-state index is -4.54. The van der Waals surface area contributed by atoms with Crippen LogP contribution < -0.4 is 4.74 Å². The van der Waals surface area contributed by atoms with Gasteiger partial charge in [0, 0.05) is 19.3 Å². The first-order valence-corrected chi connectivity index (χ1v) is 12.2. The summed E-state index contributed by atoms with van der Waals surface area (Å²) >= 11 is 1.28. The van der Waals surface area contributed by atoms with Gasteiger partial charge in [-0.05, 0) is 37.3 Å². The van der Waals surface area contributed by atoms with Crippen LogP contribution in [0.25, 0.3) is 10.6 Å². The molecule has 1 aliphatic heterocycles. The molecule has 1 saturated heterocycles. The average Bonchev–Trinajstić information content (AvgIpc) is 3.20. The van der Waals surface area contributed by atoms with E-state index in [-0.39, 0.29) is 23.3 Å². The molecule has 0 spiro atoms. The maximum Gasteiger partial charge on any atom is 0.433 e. The van der Waals surface area contributed by atoms with E-state index < -0.39 is 11.9 Å². The molecule has 3 heterocycles. The first-order chi connectivity index (χ1) is 15.9. The van der Waals surface area contributed by atoms with Crippen molar-refractivity contribution in [2.75, 3.05) is 26.8 Å². The molecule has 1 fully saturated rings. The smallest absolute Gasteiger partial charge is 0.433 e. The number of hydrogen-bond acceptors (Lipinski definition) is 7. The summed E-state index contributed by atoms with van der Waals surface area (Å²) in [5, 5.41) is 0.740. The van der Waals surface area contributed by atoms with Gasteiger partial charge in [0.1, 0.15) is 22.1 Å². The van der Waals surface area contributed by atoms with Crippen LogP contribution in [-0.4, -0.2) is 47.6 Å². The highest BCUT2D eigenvalue weighted by Crippen LogP contribution is 2.37. The Bertz CT molecular complexity index is 931. The number of esters is 1. The highest BCUT2D eigenvalue weighted by Gasteiger charge is 2.34. The lowest BCUT2D eigenvalue weighted by atomic mass is 9.90. The number of nitrogens with zero attached hydrogens (tertiary/aromatic N) is 3. The number of aromatic nitrogens is 2. The number of pyridine rings is 1. The van der Waals surface area contributed by atoms with E-state index in [4.69, 9.17) is 9.47 Å². The number of hydrogen-bond donors (Lipinski definition) is 0. The van der Waals surface area contributed by atoms with E-state index in [0.29, 0.717) is 30.5 Å². The van der Waals surface area contributed by atoms with Crippen LogP contribution in [0.1, 0.15) is 51.7 Å². The first-order valence-electron chi connectivity index (χ1n) is 11.4. The standard InChI is InChI=1S/C20H24F3N3O3S.C4H10/c1-4-29-14-5-6-16(20(21,22)23)25-18(14)15-8-24-17(30-15)11-26-9-12(2)7-13(10-26)19(27)28-3;1-4(2)3/h5-6,8,12-13H,4,7,9-11H2,1-3H3;4H,1-3H3/t12?,13-;/m1./s1. The van der Waals surface area contributed by atoms with E-state index in [1.165, 1.54) is 30.7 Å². The molecule has 0 radical (unpaired) electrons. The van der Waals surface area contributed by atoms with Crippen LogP contribution in [0.5, 0.6) is 5.75 Å². The SMILES string of the molecule is CC(C)C.CCOc1ccc(C(F)(F)F)nc1-c1cnc(CN2CC(C)C[C@@H](C(=O)OC)C2)s1. The molecule has 2 aromatic rings. The Morgan fingerprint density at radius 2 is 1.94 bits per heavy atom. The third kappa shape index (κ3) is 8.23. The van der Waals surface area contributed by atoms with Gasteiger partial charge >= 0.3 is 12.1 Å². The molecule has 0 aliphatic carbocycles. The van der Waals surface area contributed by atoms with Crippen LogP contribution in [0.2, 0.25) is 0 Å². The van der Waals surface area contributed by atoms with Gasteiger partial charge < -0.3 is 9.47 Å². The fourth-order valence-electron chi connectivity index (χ4n) is 3.67. The zero-order chi connectivity index (χ0) is 25.5. The predicted molar refractivity (Wildman–Crippen MR) is 127 cm³/mol. The van der Waals surface area contributed by atoms with Gasteiger partial charge in [0.05, 0.1) is 31.1 Å². The number of thiazole rings is 1. The minimum Gasteiger partial charge on any atom is -0.492 e. The molecule has 34 heavy (non-hydrogen) atoms. The average molecular weight is 502 g/mol. The molecule has 6 nitrogen and oxygen atoms in total. The molecule has 0 aromatic carbocycles. The number of alkyl halides is 3. The van der Waals surface area contributed by atoms with Gasteiger partial charge in [-0.2, -0.15) is 13.2 Å². The topological polar surface area (TPSA) is 64.6 Å². The van der Waals surface area contributed by atoms with Gasteiger partial charge in [-0.15, -0.1) is 11.3 Å². The summed E-state index contributed by atoms with van der Waals surface area (Å²) in [4.78, 5) is 22.7. The number of methoxy groups -OCH3 is 1. The second-order valence-corrected chi connectivity index (χ2v) is 10.2. The number of piperidine rings is 1. The van der Waals surface area contributed by atoms with Crippen molar-refractivity contribution < 1.29 is 27.4 Å². The first kappa shape index (κ1) is 28.0. The monoisotopic (exact) mass is 501 g/mol. The van der Waals surface area contributed by atoms with E-state index in [2.05, 4.69) is 42.6 Å². The molecule has 10 heteroatoms. The lowest BCUT2D eigenvalue weighted by Gasteiger charge is -2.34. The zero-order valence-electron chi connectivity index (χ0n) is 20.6. The molecule has 0 bridgehead atoms. The lowest BCUT2D eigenvalue weighted by molar-refractivity contribution is -0.148. The van der Waals surface area contributed by atoms with Crippen molar-refractivity contribution in [2.45, 2.75) is 53.8 Å². The predicted octanol–water partition coefficient (Wildman–Crippen LogP) is 5.92. The molecule has 0 N–H and O–H groups in total. The summed E-state index contributed by atoms with van der Waals surface area (Å²) in [6.07, 6.45) is -2.24. The molecule has 190 valence electrons. The number of ether oxygens (including phenoxy) is 2. The second-order valence-electron chi connectivity index (χ2n) is 9.08. The molecule has 2 atom stereocenters. The number of rotatable bonds is 6. The van der Waals surface area contributed by atoms with Crippen molar-refractivity contribution in [2.24, 2.45) is 17.8 Å². The lowest BCUT2D eigenvalue weighted by Crippen LogP contribution is -2.42. The van der Waals surface area contributed by atoms with Crippen molar-refractivity contribution in [3.8, 4) is 16.3 Å². The van der Waals surface area contributed by atoms with Crippen LogP contribution in [0.4, 0.5) is 13.2 Å². The van der Waals surface area contributed by atoms with Crippen LogP contribution in [0.15, 0.2) is 18.3 Å². The molecule has 2 aromatic heterocycles. The molecule has 1 aliphatic rings. The highest BCUT2D eigenvalue weighted by molar-refractivity contribution is 7.15. The fourth-order valence-corrected chi connectivity index (χ4v) is 4.62. The van der Waals surface area contributed by atoms with Gasteiger partial charge in [-0.3, -0.25) is 9.69 Å². The van der Waals surface area contributed by atoms with E-state index in [9.17, 15) is 18.0 Å². The summed E-state index contributed by atoms with van der Waals surface area (Å²) in [5.41, 5.74) is -0.837. The van der Waals surface area contributed by atoms with E-state index in [1.807, 2.05) is 0 Å². The third-order valence-electron chi connectivity index (χ3n) is 4.86. The molecule has 3 rings (SSSR count). The van der Waals surface area contributed by atoms with Crippen LogP contribution in [-0.2, 0) is 22.3 Å². The Morgan fingerprint density at radius 3 is 2.53 bits per heavy atom. The quantitative estimate of drug-likeness (QED) is 0.458. The van der Waals surface area contributed by atoms with Crippen molar-refractivity contribution >= 4 is 17.3 Å². The number of carbonyl (C=O) groups is 1. The maximum atomic E-state index is 13.1. The van der Waals surface area contributed by atoms with E-state index in [0.717, 1.165) is 30.0 Å². The van der Waals surface area contributed by atoms with Crippen LogP contribution >= 0.6 is 11.3 Å². The van der Waals surface area contributed by atoms with Gasteiger partial charge in [-0.1, -0.05) is 27.7 Å². The Balaban J connectivity index is 0.000000945. The van der Waals surface area contributed by atoms with Gasteiger partial charge in [0.25, 0.3) is 0 Å². The van der Waals surface area contributed by atoms with E-state index >= 15 is 0 Å². The molecule has 0 saturated carbocycles. The van der Waals surface area contributed by atoms with Gasteiger partial charge in [-0.25, -0.2) is 9.97 Å². The summed E-state index contributed by atoms with van der Waals surface area (Å²) in [7, 11) is 1.39.